The molecule has 2 N–H and O–H groups in total. The Hall–Kier alpha value is 0.135. The molecule has 0 saturated carbocycles. The van der Waals surface area contributed by atoms with E-state index in [9.17, 15) is 4.57 Å². The summed E-state index contributed by atoms with van der Waals surface area (Å²) < 4.78 is 18.3. The molecule has 0 aliphatic heterocycles. The van der Waals surface area contributed by atoms with Gasteiger partial charge in [-0.05, 0) is 0 Å². The molecular formula is CH7BNO4P. The van der Waals surface area contributed by atoms with Gasteiger partial charge in [-0.25, -0.2) is 4.57 Å². The summed E-state index contributed by atoms with van der Waals surface area (Å²) in [6.07, 6.45) is 0. The van der Waals surface area contributed by atoms with Gasteiger partial charge in [0.1, 0.15) is 0 Å². The SMILES string of the molecule is BOP(=O)(O)ONC. The number of phosphoric acid groups is 1. The topological polar surface area (TPSA) is 67.8 Å². The van der Waals surface area contributed by atoms with Crippen LogP contribution in [-0.2, 0) is 13.6 Å². The Morgan fingerprint density at radius 2 is 2.38 bits per heavy atom. The van der Waals surface area contributed by atoms with E-state index in [0.29, 0.717) is 0 Å². The van der Waals surface area contributed by atoms with Gasteiger partial charge in [0.25, 0.3) is 8.05 Å². The maximum atomic E-state index is 10.2. The fourth-order valence-electron chi connectivity index (χ4n) is 0.153. The molecule has 0 rings (SSSR count). The highest BCUT2D eigenvalue weighted by Crippen LogP contribution is 2.39. The third-order valence-corrected chi connectivity index (χ3v) is 1.31. The van der Waals surface area contributed by atoms with Crippen molar-refractivity contribution in [3.8, 4) is 0 Å². The van der Waals surface area contributed by atoms with Crippen molar-refractivity contribution in [3.05, 3.63) is 0 Å². The van der Waals surface area contributed by atoms with Crippen molar-refractivity contribution >= 4 is 15.9 Å². The molecule has 0 saturated heterocycles. The number of nitrogens with one attached hydrogen (secondary N) is 1. The van der Waals surface area contributed by atoms with Gasteiger partial charge >= 0.3 is 7.82 Å². The molecule has 48 valence electrons. The quantitative estimate of drug-likeness (QED) is 0.292. The van der Waals surface area contributed by atoms with E-state index in [4.69, 9.17) is 4.89 Å². The van der Waals surface area contributed by atoms with Crippen LogP contribution >= 0.6 is 7.82 Å². The zero-order valence-electron chi connectivity index (χ0n) is 4.62. The van der Waals surface area contributed by atoms with E-state index in [1.165, 1.54) is 7.05 Å². The molecule has 7 heteroatoms. The summed E-state index contributed by atoms with van der Waals surface area (Å²) in [6, 6.07) is 0. The summed E-state index contributed by atoms with van der Waals surface area (Å²) >= 11 is 0. The Labute approximate surface area is 48.0 Å². The van der Waals surface area contributed by atoms with Crippen LogP contribution < -0.4 is 5.48 Å². The van der Waals surface area contributed by atoms with Crippen LogP contribution in [0.15, 0.2) is 0 Å². The molecule has 0 radical (unpaired) electrons. The van der Waals surface area contributed by atoms with Crippen molar-refractivity contribution in [3.63, 3.8) is 0 Å². The molecule has 0 aromatic rings. The summed E-state index contributed by atoms with van der Waals surface area (Å²) in [7, 11) is -1.34. The van der Waals surface area contributed by atoms with Crippen molar-refractivity contribution in [2.45, 2.75) is 0 Å². The van der Waals surface area contributed by atoms with Crippen molar-refractivity contribution in [2.75, 3.05) is 7.05 Å². The molecule has 0 fully saturated rings. The first-order valence-electron chi connectivity index (χ1n) is 1.86. The zero-order valence-corrected chi connectivity index (χ0v) is 5.51. The summed E-state index contributed by atoms with van der Waals surface area (Å²) in [5.41, 5.74) is 2.02. The van der Waals surface area contributed by atoms with Crippen LogP contribution in [0.3, 0.4) is 0 Å². The van der Waals surface area contributed by atoms with Crippen LogP contribution in [0.2, 0.25) is 0 Å². The van der Waals surface area contributed by atoms with Gasteiger partial charge in [-0.15, -0.1) is 0 Å². The molecule has 0 bridgehead atoms. The summed E-state index contributed by atoms with van der Waals surface area (Å²) in [4.78, 5) is 8.37. The van der Waals surface area contributed by atoms with Crippen LogP contribution in [0.25, 0.3) is 0 Å². The highest BCUT2D eigenvalue weighted by molar-refractivity contribution is 7.48. The van der Waals surface area contributed by atoms with Crippen LogP contribution in [0.5, 0.6) is 0 Å². The number of hydrogen-bond donors (Lipinski definition) is 2. The van der Waals surface area contributed by atoms with Gasteiger partial charge in [-0.2, -0.15) is 10.1 Å². The number of hydrogen-bond acceptors (Lipinski definition) is 4. The van der Waals surface area contributed by atoms with Crippen LogP contribution in [0, 0.1) is 0 Å². The average Bonchev–Trinajstić information content (AvgIpc) is 1.67. The normalized spacial score (nSPS) is 17.8. The molecule has 1 unspecified atom stereocenters. The van der Waals surface area contributed by atoms with Crippen molar-refractivity contribution < 1.29 is 18.5 Å². The lowest BCUT2D eigenvalue weighted by Gasteiger charge is -2.05. The van der Waals surface area contributed by atoms with Gasteiger partial charge in [-0.3, -0.25) is 0 Å². The molecule has 0 amide bonds. The van der Waals surface area contributed by atoms with E-state index < -0.39 is 7.82 Å². The van der Waals surface area contributed by atoms with Gasteiger partial charge in [0.05, 0.1) is 0 Å². The molecule has 1 atom stereocenters. The van der Waals surface area contributed by atoms with Crippen molar-refractivity contribution in [2.24, 2.45) is 0 Å². The van der Waals surface area contributed by atoms with Crippen molar-refractivity contribution in [1.29, 1.82) is 0 Å². The Bertz CT molecular complexity index is 106. The van der Waals surface area contributed by atoms with Gasteiger partial charge in [0.2, 0.25) is 0 Å². The fraction of sp³-hybridized carbons (Fsp3) is 1.00. The Balaban J connectivity index is 3.55. The molecule has 0 aromatic carbocycles. The Morgan fingerprint density at radius 1 is 1.88 bits per heavy atom. The lowest BCUT2D eigenvalue weighted by atomic mass is 10.6. The minimum absolute atomic E-state index is 1.08. The van der Waals surface area contributed by atoms with E-state index in [1.807, 2.05) is 5.48 Å². The maximum Gasteiger partial charge on any atom is 0.473 e. The largest absolute Gasteiger partial charge is 0.473 e. The van der Waals surface area contributed by atoms with Crippen LogP contribution in [-0.4, -0.2) is 20.0 Å². The van der Waals surface area contributed by atoms with E-state index in [-0.39, 0.29) is 0 Å². The molecular weight excluding hydrogens is 132 g/mol. The van der Waals surface area contributed by atoms with E-state index in [0.717, 1.165) is 8.05 Å². The number of hydroxylamine groups is 1. The first-order valence-corrected chi connectivity index (χ1v) is 3.36. The monoisotopic (exact) mass is 139 g/mol. The molecule has 0 aliphatic carbocycles. The molecule has 8 heavy (non-hydrogen) atoms. The second-order valence-corrected chi connectivity index (χ2v) is 2.43. The van der Waals surface area contributed by atoms with E-state index in [1.54, 1.807) is 0 Å². The summed E-state index contributed by atoms with van der Waals surface area (Å²) in [5.74, 6) is 0. The van der Waals surface area contributed by atoms with Gasteiger partial charge in [0, 0.05) is 7.05 Å². The Kier molecular flexibility index (Phi) is 3.27. The first-order chi connectivity index (χ1) is 3.62. The molecule has 0 aliphatic rings. The first kappa shape index (κ1) is 8.13. The highest BCUT2D eigenvalue weighted by Gasteiger charge is 2.15. The van der Waals surface area contributed by atoms with Crippen LogP contribution in [0.1, 0.15) is 0 Å². The average molecular weight is 139 g/mol. The lowest BCUT2D eigenvalue weighted by molar-refractivity contribution is 0.149. The lowest BCUT2D eigenvalue weighted by Crippen LogP contribution is -2.05. The van der Waals surface area contributed by atoms with Gasteiger partial charge in [-0.1, -0.05) is 0 Å². The minimum Gasteiger partial charge on any atom is -0.357 e. The molecule has 0 aromatic heterocycles. The summed E-state index contributed by atoms with van der Waals surface area (Å²) in [6.45, 7) is 0. The predicted octanol–water partition coefficient (Wildman–Crippen LogP) is -1.20. The highest BCUT2D eigenvalue weighted by atomic mass is 31.2. The molecule has 0 spiro atoms. The summed E-state index contributed by atoms with van der Waals surface area (Å²) in [5, 5.41) is 0. The van der Waals surface area contributed by atoms with E-state index >= 15 is 0 Å². The second-order valence-electron chi connectivity index (χ2n) is 0.947. The van der Waals surface area contributed by atoms with Crippen LogP contribution in [0.4, 0.5) is 0 Å². The van der Waals surface area contributed by atoms with E-state index in [2.05, 4.69) is 9.07 Å². The molecule has 5 nitrogen and oxygen atoms in total. The fourth-order valence-corrected chi connectivity index (χ4v) is 0.458. The van der Waals surface area contributed by atoms with Gasteiger partial charge in [0.15, 0.2) is 0 Å². The maximum absolute atomic E-state index is 10.2. The van der Waals surface area contributed by atoms with Gasteiger partial charge < -0.3 is 9.33 Å². The number of rotatable bonds is 3. The van der Waals surface area contributed by atoms with Crippen molar-refractivity contribution in [1.82, 2.24) is 5.48 Å². The molecule has 0 heterocycles. The second kappa shape index (κ2) is 3.22. The zero-order chi connectivity index (χ0) is 6.62. The third kappa shape index (κ3) is 3.18. The minimum atomic E-state index is -3.78. The predicted molar refractivity (Wildman–Crippen MR) is 29.6 cm³/mol. The Morgan fingerprint density at radius 3 is 2.50 bits per heavy atom. The smallest absolute Gasteiger partial charge is 0.357 e. The standard InChI is InChI=1S/CH7BNO4P/c1-3-7-8(4,5)6-2/h3H,2H2,1H3,(H,4,5). The third-order valence-electron chi connectivity index (χ3n) is 0.437.